The number of aromatic nitrogens is 5. The van der Waals surface area contributed by atoms with Crippen LogP contribution in [0.1, 0.15) is 5.56 Å². The van der Waals surface area contributed by atoms with Crippen LogP contribution in [0.4, 0.5) is 14.6 Å². The summed E-state index contributed by atoms with van der Waals surface area (Å²) in [5.41, 5.74) is 3.26. The Morgan fingerprint density at radius 3 is 2.54 bits per heavy atom. The lowest BCUT2D eigenvalue weighted by Gasteiger charge is -2.20. The molecule has 4 heterocycles. The van der Waals surface area contributed by atoms with Gasteiger partial charge in [0.1, 0.15) is 17.3 Å². The first-order valence-corrected chi connectivity index (χ1v) is 12.1. The lowest BCUT2D eigenvalue weighted by molar-refractivity contribution is -0.139. The lowest BCUT2D eigenvalue weighted by Crippen LogP contribution is -2.26. The number of nitrogens with zero attached hydrogens (tertiary/aromatic N) is 6. The monoisotopic (exact) mass is 500 g/mol. The summed E-state index contributed by atoms with van der Waals surface area (Å²) in [7, 11) is 1.55. The van der Waals surface area contributed by atoms with Gasteiger partial charge in [-0.2, -0.15) is 14.6 Å². The van der Waals surface area contributed by atoms with Crippen molar-refractivity contribution in [1.82, 2.24) is 24.5 Å². The van der Waals surface area contributed by atoms with E-state index >= 15 is 4.39 Å². The molecule has 1 saturated carbocycles. The SMILES string of the molecule is Cc1c(F)ccc2c(-c3cccc4nn(C)c(F)c34)nn(-c3ccc(N4C[C@@H]5C(C(=O)O)[C@@H]5C4)nc3)c12. The van der Waals surface area contributed by atoms with Gasteiger partial charge in [-0.1, -0.05) is 12.1 Å². The van der Waals surface area contributed by atoms with Gasteiger partial charge < -0.3 is 10.0 Å². The topological polar surface area (TPSA) is 89.1 Å². The van der Waals surface area contributed by atoms with Crippen LogP contribution in [0.3, 0.4) is 0 Å². The van der Waals surface area contributed by atoms with Gasteiger partial charge in [0, 0.05) is 36.7 Å². The summed E-state index contributed by atoms with van der Waals surface area (Å²) < 4.78 is 32.6. The van der Waals surface area contributed by atoms with E-state index in [9.17, 15) is 14.3 Å². The smallest absolute Gasteiger partial charge is 0.307 e. The fourth-order valence-corrected chi connectivity index (χ4v) is 5.90. The number of fused-ring (bicyclic) bond motifs is 3. The number of carboxylic acid groups (broad SMARTS) is 1. The van der Waals surface area contributed by atoms with Crippen molar-refractivity contribution in [3.05, 3.63) is 66.0 Å². The Morgan fingerprint density at radius 1 is 1.05 bits per heavy atom. The molecule has 0 spiro atoms. The highest BCUT2D eigenvalue weighted by Gasteiger charge is 2.60. The average molecular weight is 501 g/mol. The van der Waals surface area contributed by atoms with Crippen molar-refractivity contribution in [2.24, 2.45) is 24.8 Å². The summed E-state index contributed by atoms with van der Waals surface area (Å²) in [6, 6.07) is 12.2. The Bertz CT molecular complexity index is 1730. The molecule has 0 radical (unpaired) electrons. The molecule has 37 heavy (non-hydrogen) atoms. The maximum atomic E-state index is 15.0. The molecule has 8 nitrogen and oxygen atoms in total. The van der Waals surface area contributed by atoms with Crippen molar-refractivity contribution in [3.63, 3.8) is 0 Å². The third-order valence-electron chi connectivity index (χ3n) is 7.86. The molecule has 1 unspecified atom stereocenters. The molecule has 5 aromatic rings. The van der Waals surface area contributed by atoms with Crippen molar-refractivity contribution in [2.75, 3.05) is 18.0 Å². The number of piperidine rings is 1. The minimum absolute atomic E-state index is 0.179. The van der Waals surface area contributed by atoms with E-state index in [2.05, 4.69) is 15.0 Å². The quantitative estimate of drug-likeness (QED) is 0.395. The van der Waals surface area contributed by atoms with E-state index in [1.54, 1.807) is 49.1 Å². The van der Waals surface area contributed by atoms with Gasteiger partial charge in [-0.05, 0) is 49.1 Å². The van der Waals surface area contributed by atoms with Gasteiger partial charge in [0.25, 0.3) is 0 Å². The lowest BCUT2D eigenvalue weighted by atomic mass is 10.0. The highest BCUT2D eigenvalue weighted by atomic mass is 19.1. The molecule has 10 heteroatoms. The van der Waals surface area contributed by atoms with Gasteiger partial charge >= 0.3 is 5.97 Å². The normalized spacial score (nSPS) is 20.6. The maximum Gasteiger partial charge on any atom is 0.307 e. The molecule has 0 amide bonds. The van der Waals surface area contributed by atoms with Crippen LogP contribution >= 0.6 is 0 Å². The molecule has 1 aliphatic carbocycles. The molecule has 1 N–H and O–H groups in total. The largest absolute Gasteiger partial charge is 0.481 e. The van der Waals surface area contributed by atoms with Crippen molar-refractivity contribution in [3.8, 4) is 16.9 Å². The van der Waals surface area contributed by atoms with Gasteiger partial charge in [0.2, 0.25) is 5.95 Å². The summed E-state index contributed by atoms with van der Waals surface area (Å²) in [5.74, 6) is -0.663. The molecule has 2 aliphatic rings. The Labute approximate surface area is 209 Å². The van der Waals surface area contributed by atoms with E-state index < -0.39 is 11.9 Å². The summed E-state index contributed by atoms with van der Waals surface area (Å²) in [6.45, 7) is 3.05. The average Bonchev–Trinajstić information content (AvgIpc) is 3.16. The Balaban J connectivity index is 1.32. The second-order valence-electron chi connectivity index (χ2n) is 9.91. The van der Waals surface area contributed by atoms with Crippen LogP contribution in [0.5, 0.6) is 0 Å². The van der Waals surface area contributed by atoms with Crippen molar-refractivity contribution >= 4 is 33.6 Å². The number of pyridine rings is 1. The fraction of sp³-hybridized carbons (Fsp3) is 0.259. The second-order valence-corrected chi connectivity index (χ2v) is 9.91. The maximum absolute atomic E-state index is 15.0. The van der Waals surface area contributed by atoms with E-state index in [0.717, 1.165) is 5.82 Å². The van der Waals surface area contributed by atoms with E-state index in [1.165, 1.54) is 10.7 Å². The van der Waals surface area contributed by atoms with Crippen LogP contribution in [0.15, 0.2) is 48.7 Å². The van der Waals surface area contributed by atoms with Gasteiger partial charge in [-0.25, -0.2) is 18.7 Å². The molecule has 1 aliphatic heterocycles. The molecule has 186 valence electrons. The minimum atomic E-state index is -0.719. The van der Waals surface area contributed by atoms with Crippen LogP contribution < -0.4 is 4.90 Å². The molecule has 2 aromatic carbocycles. The summed E-state index contributed by atoms with van der Waals surface area (Å²) in [6.07, 6.45) is 1.68. The van der Waals surface area contributed by atoms with Crippen molar-refractivity contribution < 1.29 is 18.7 Å². The highest BCUT2D eigenvalue weighted by molar-refractivity contribution is 6.03. The fourth-order valence-electron chi connectivity index (χ4n) is 5.90. The van der Waals surface area contributed by atoms with E-state index in [1.807, 2.05) is 12.1 Å². The van der Waals surface area contributed by atoms with E-state index in [4.69, 9.17) is 5.10 Å². The van der Waals surface area contributed by atoms with Crippen LogP contribution in [-0.2, 0) is 11.8 Å². The molecule has 7 rings (SSSR count). The standard InChI is InChI=1S/C27H22F2N6O2/c1-13-19(28)8-7-16-24(15-4-3-5-20-23(15)26(29)33(2)31-20)32-35(25(13)16)14-6-9-21(30-10-14)34-11-17-18(12-34)22(17)27(36)37/h3-10,17-18,22H,11-12H2,1-2H3,(H,36,37)/t17-,18+,22?. The molecular formula is C27H22F2N6O2. The number of carbonyl (C=O) groups is 1. The minimum Gasteiger partial charge on any atom is -0.481 e. The third kappa shape index (κ3) is 3.11. The number of rotatable bonds is 4. The van der Waals surface area contributed by atoms with Crippen molar-refractivity contribution in [2.45, 2.75) is 6.92 Å². The first-order valence-electron chi connectivity index (χ1n) is 12.1. The molecule has 1 saturated heterocycles. The number of hydrogen-bond donors (Lipinski definition) is 1. The predicted molar refractivity (Wildman–Crippen MR) is 134 cm³/mol. The zero-order chi connectivity index (χ0) is 25.6. The van der Waals surface area contributed by atoms with Gasteiger partial charge in [0.15, 0.2) is 0 Å². The predicted octanol–water partition coefficient (Wildman–Crippen LogP) is 4.33. The molecule has 3 atom stereocenters. The number of anilines is 1. The number of aliphatic carboxylic acids is 1. The Kier molecular flexibility index (Phi) is 4.49. The van der Waals surface area contributed by atoms with Crippen LogP contribution in [0.2, 0.25) is 0 Å². The number of aryl methyl sites for hydroxylation is 2. The highest BCUT2D eigenvalue weighted by Crippen LogP contribution is 2.52. The molecule has 3 aromatic heterocycles. The number of hydrogen-bond acceptors (Lipinski definition) is 5. The zero-order valence-corrected chi connectivity index (χ0v) is 20.1. The van der Waals surface area contributed by atoms with E-state index in [-0.39, 0.29) is 23.6 Å². The van der Waals surface area contributed by atoms with Gasteiger partial charge in [0.05, 0.1) is 34.2 Å². The Hall–Kier alpha value is -4.34. The number of benzene rings is 2. The van der Waals surface area contributed by atoms with Crippen molar-refractivity contribution in [1.29, 1.82) is 0 Å². The van der Waals surface area contributed by atoms with Crippen LogP contribution in [-0.4, -0.2) is 48.7 Å². The number of halogens is 2. The summed E-state index contributed by atoms with van der Waals surface area (Å²) >= 11 is 0. The summed E-state index contributed by atoms with van der Waals surface area (Å²) in [5, 5.41) is 19.4. The number of carboxylic acids is 1. The Morgan fingerprint density at radius 2 is 1.84 bits per heavy atom. The van der Waals surface area contributed by atoms with E-state index in [0.29, 0.717) is 57.4 Å². The second kappa shape index (κ2) is 7.58. The molecule has 2 fully saturated rings. The molecule has 0 bridgehead atoms. The first-order chi connectivity index (χ1) is 17.8. The first kappa shape index (κ1) is 21.9. The zero-order valence-electron chi connectivity index (χ0n) is 20.1. The summed E-state index contributed by atoms with van der Waals surface area (Å²) in [4.78, 5) is 18.0. The van der Waals surface area contributed by atoms with Crippen LogP contribution in [0, 0.1) is 36.4 Å². The third-order valence-corrected chi connectivity index (χ3v) is 7.86. The van der Waals surface area contributed by atoms with Gasteiger partial charge in [-0.15, -0.1) is 0 Å². The van der Waals surface area contributed by atoms with Gasteiger partial charge in [-0.3, -0.25) is 4.79 Å². The van der Waals surface area contributed by atoms with Crippen LogP contribution in [0.25, 0.3) is 38.8 Å². The molecular weight excluding hydrogens is 478 g/mol.